The van der Waals surface area contributed by atoms with Gasteiger partial charge in [-0.3, -0.25) is 9.59 Å². The largest absolute Gasteiger partial charge is 0.469 e. The Hall–Kier alpha value is -3.34. The first-order valence-corrected chi connectivity index (χ1v) is 11.7. The minimum absolute atomic E-state index is 0.123. The Bertz CT molecular complexity index is 1050. The lowest BCUT2D eigenvalue weighted by atomic mass is 9.95. The molecule has 0 saturated heterocycles. The molecule has 0 unspecified atom stereocenters. The highest BCUT2D eigenvalue weighted by Gasteiger charge is 2.25. The predicted octanol–water partition coefficient (Wildman–Crippen LogP) is 6.34. The third kappa shape index (κ3) is 6.35. The summed E-state index contributed by atoms with van der Waals surface area (Å²) in [6, 6.07) is 18.2. The van der Waals surface area contributed by atoms with E-state index in [9.17, 15) is 9.59 Å². The fourth-order valence-electron chi connectivity index (χ4n) is 3.93. The van der Waals surface area contributed by atoms with E-state index in [-0.39, 0.29) is 11.9 Å². The molecule has 3 aromatic rings. The quantitative estimate of drug-likeness (QED) is 0.275. The van der Waals surface area contributed by atoms with Crippen LogP contribution in [0.4, 0.5) is 0 Å². The van der Waals surface area contributed by atoms with Crippen LogP contribution in [-0.4, -0.2) is 25.5 Å². The maximum atomic E-state index is 13.2. The molecule has 3 rings (SSSR count). The Morgan fingerprint density at radius 2 is 1.61 bits per heavy atom. The molecule has 2 aromatic carbocycles. The molecule has 0 fully saturated rings. The van der Waals surface area contributed by atoms with Crippen molar-refractivity contribution in [2.75, 3.05) is 13.7 Å². The van der Waals surface area contributed by atoms with E-state index in [4.69, 9.17) is 4.42 Å². The normalized spacial score (nSPS) is 10.8. The number of hydrogen-bond acceptors (Lipinski definition) is 4. The standard InChI is InChI=1S/C28H33NO4/c1-4-21-15-17-22(18-16-21)26-25(20(2)33-27(26)23-12-8-7-9-13-23)28(31)29-19-11-6-5-10-14-24(30)32-3/h7-9,12-13,15-18H,4-6,10-11,14,19H2,1-3H3,(H,29,31). The van der Waals surface area contributed by atoms with E-state index in [1.807, 2.05) is 37.3 Å². The van der Waals surface area contributed by atoms with Crippen molar-refractivity contribution in [3.63, 3.8) is 0 Å². The Kier molecular flexibility index (Phi) is 8.87. The van der Waals surface area contributed by atoms with Gasteiger partial charge in [0.1, 0.15) is 11.5 Å². The van der Waals surface area contributed by atoms with Crippen LogP contribution in [-0.2, 0) is 16.0 Å². The van der Waals surface area contributed by atoms with Crippen LogP contribution in [0.15, 0.2) is 59.0 Å². The van der Waals surface area contributed by atoms with E-state index in [0.29, 0.717) is 30.0 Å². The van der Waals surface area contributed by atoms with E-state index < -0.39 is 0 Å². The van der Waals surface area contributed by atoms with Crippen molar-refractivity contribution in [2.45, 2.75) is 52.4 Å². The Balaban J connectivity index is 1.76. The molecule has 1 aromatic heterocycles. The minimum atomic E-state index is -0.174. The molecule has 1 amide bonds. The second-order valence-electron chi connectivity index (χ2n) is 8.15. The number of carbonyl (C=O) groups excluding carboxylic acids is 2. The summed E-state index contributed by atoms with van der Waals surface area (Å²) in [7, 11) is 1.41. The Morgan fingerprint density at radius 3 is 2.27 bits per heavy atom. The topological polar surface area (TPSA) is 68.5 Å². The summed E-state index contributed by atoms with van der Waals surface area (Å²) in [6.07, 6.45) is 4.95. The molecule has 0 spiro atoms. The molecule has 5 nitrogen and oxygen atoms in total. The van der Waals surface area contributed by atoms with Crippen LogP contribution in [0.3, 0.4) is 0 Å². The SMILES string of the molecule is CCc1ccc(-c2c(-c3ccccc3)oc(C)c2C(=O)NCCCCCCC(=O)OC)cc1. The van der Waals surface area contributed by atoms with Gasteiger partial charge in [0.05, 0.1) is 12.7 Å². The van der Waals surface area contributed by atoms with Gasteiger partial charge in [0, 0.05) is 24.1 Å². The first kappa shape index (κ1) is 24.3. The van der Waals surface area contributed by atoms with Gasteiger partial charge in [-0.15, -0.1) is 0 Å². The Morgan fingerprint density at radius 1 is 0.909 bits per heavy atom. The van der Waals surface area contributed by atoms with E-state index in [1.54, 1.807) is 0 Å². The third-order valence-corrected chi connectivity index (χ3v) is 5.82. The van der Waals surface area contributed by atoms with Crippen LogP contribution in [0.25, 0.3) is 22.5 Å². The van der Waals surface area contributed by atoms with Crippen molar-refractivity contribution in [3.05, 3.63) is 71.5 Å². The molecule has 174 valence electrons. The predicted molar refractivity (Wildman–Crippen MR) is 131 cm³/mol. The monoisotopic (exact) mass is 447 g/mol. The molecule has 1 N–H and O–H groups in total. The first-order valence-electron chi connectivity index (χ1n) is 11.7. The lowest BCUT2D eigenvalue weighted by molar-refractivity contribution is -0.140. The molecular weight excluding hydrogens is 414 g/mol. The molecule has 0 aliphatic carbocycles. The highest BCUT2D eigenvalue weighted by atomic mass is 16.5. The number of ether oxygens (including phenoxy) is 1. The molecule has 0 aliphatic heterocycles. The number of nitrogens with one attached hydrogen (secondary N) is 1. The van der Waals surface area contributed by atoms with Gasteiger partial charge in [-0.2, -0.15) is 0 Å². The minimum Gasteiger partial charge on any atom is -0.469 e. The molecule has 0 atom stereocenters. The number of benzene rings is 2. The van der Waals surface area contributed by atoms with Gasteiger partial charge in [0.15, 0.2) is 0 Å². The molecule has 0 saturated carbocycles. The van der Waals surface area contributed by atoms with Crippen molar-refractivity contribution in [1.29, 1.82) is 0 Å². The summed E-state index contributed by atoms with van der Waals surface area (Å²) in [5.41, 5.74) is 4.58. The summed E-state index contributed by atoms with van der Waals surface area (Å²) in [4.78, 5) is 24.4. The van der Waals surface area contributed by atoms with Crippen molar-refractivity contribution in [2.24, 2.45) is 0 Å². The summed E-state index contributed by atoms with van der Waals surface area (Å²) < 4.78 is 10.8. The van der Waals surface area contributed by atoms with Gasteiger partial charge < -0.3 is 14.5 Å². The van der Waals surface area contributed by atoms with Crippen LogP contribution in [0.2, 0.25) is 0 Å². The van der Waals surface area contributed by atoms with E-state index >= 15 is 0 Å². The molecular formula is C28H33NO4. The second kappa shape index (κ2) is 12.0. The first-order chi connectivity index (χ1) is 16.0. The fraction of sp³-hybridized carbons (Fsp3) is 0.357. The number of esters is 1. The zero-order chi connectivity index (χ0) is 23.6. The number of aryl methyl sites for hydroxylation is 2. The smallest absolute Gasteiger partial charge is 0.305 e. The zero-order valence-corrected chi connectivity index (χ0v) is 19.8. The van der Waals surface area contributed by atoms with Gasteiger partial charge in [0.25, 0.3) is 5.91 Å². The number of hydrogen-bond donors (Lipinski definition) is 1. The van der Waals surface area contributed by atoms with Gasteiger partial charge in [-0.1, -0.05) is 74.4 Å². The van der Waals surface area contributed by atoms with Crippen LogP contribution < -0.4 is 5.32 Å². The van der Waals surface area contributed by atoms with Gasteiger partial charge >= 0.3 is 5.97 Å². The van der Waals surface area contributed by atoms with Gasteiger partial charge in [-0.05, 0) is 37.3 Å². The van der Waals surface area contributed by atoms with Crippen LogP contribution in [0.1, 0.15) is 60.7 Å². The number of methoxy groups -OCH3 is 1. The number of carbonyl (C=O) groups is 2. The van der Waals surface area contributed by atoms with Crippen molar-refractivity contribution < 1.29 is 18.7 Å². The third-order valence-electron chi connectivity index (χ3n) is 5.82. The van der Waals surface area contributed by atoms with Crippen LogP contribution in [0.5, 0.6) is 0 Å². The molecule has 0 bridgehead atoms. The van der Waals surface area contributed by atoms with Crippen molar-refractivity contribution in [1.82, 2.24) is 5.32 Å². The average Bonchev–Trinajstić information content (AvgIpc) is 3.20. The van der Waals surface area contributed by atoms with Crippen LogP contribution in [0, 0.1) is 6.92 Å². The number of rotatable bonds is 11. The van der Waals surface area contributed by atoms with Crippen LogP contribution >= 0.6 is 0 Å². The molecule has 0 aliphatic rings. The number of unbranched alkanes of at least 4 members (excludes halogenated alkanes) is 3. The highest BCUT2D eigenvalue weighted by Crippen LogP contribution is 2.39. The average molecular weight is 448 g/mol. The molecule has 5 heteroatoms. The zero-order valence-electron chi connectivity index (χ0n) is 19.8. The second-order valence-corrected chi connectivity index (χ2v) is 8.15. The van der Waals surface area contributed by atoms with E-state index in [1.165, 1.54) is 12.7 Å². The van der Waals surface area contributed by atoms with Crippen molar-refractivity contribution in [3.8, 4) is 22.5 Å². The Labute approximate surface area is 196 Å². The summed E-state index contributed by atoms with van der Waals surface area (Å²) in [6.45, 7) is 4.55. The summed E-state index contributed by atoms with van der Waals surface area (Å²) in [5.74, 6) is 1.03. The van der Waals surface area contributed by atoms with E-state index in [0.717, 1.165) is 48.8 Å². The molecule has 1 heterocycles. The lowest BCUT2D eigenvalue weighted by Crippen LogP contribution is -2.25. The number of furan rings is 1. The van der Waals surface area contributed by atoms with Gasteiger partial charge in [0.2, 0.25) is 0 Å². The summed E-state index contributed by atoms with van der Waals surface area (Å²) >= 11 is 0. The maximum absolute atomic E-state index is 13.2. The van der Waals surface area contributed by atoms with Gasteiger partial charge in [-0.25, -0.2) is 0 Å². The summed E-state index contributed by atoms with van der Waals surface area (Å²) in [5, 5.41) is 3.06. The molecule has 0 radical (unpaired) electrons. The highest BCUT2D eigenvalue weighted by molar-refractivity contribution is 6.05. The molecule has 33 heavy (non-hydrogen) atoms. The maximum Gasteiger partial charge on any atom is 0.305 e. The fourth-order valence-corrected chi connectivity index (χ4v) is 3.93. The van der Waals surface area contributed by atoms with E-state index in [2.05, 4.69) is 41.2 Å². The number of amides is 1. The lowest BCUT2D eigenvalue weighted by Gasteiger charge is -2.09. The van der Waals surface area contributed by atoms with Crippen molar-refractivity contribution >= 4 is 11.9 Å².